The van der Waals surface area contributed by atoms with Crippen LogP contribution in [0.4, 0.5) is 0 Å². The van der Waals surface area contributed by atoms with Gasteiger partial charge in [0, 0.05) is 15.4 Å². The number of hydrogen-bond acceptors (Lipinski definition) is 1. The van der Waals surface area contributed by atoms with Crippen molar-refractivity contribution in [3.05, 3.63) is 33.8 Å². The first-order chi connectivity index (χ1) is 5.65. The molecule has 0 heterocycles. The maximum Gasteiger partial charge on any atom is 0.253 e. The molecule has 0 saturated heterocycles. The molecular formula is C8H5Br2ClO. The number of carbonyl (C=O) groups excluding carboxylic acids is 1. The molecule has 0 aromatic heterocycles. The molecule has 0 bridgehead atoms. The molecule has 4 heteroatoms. The Hall–Kier alpha value is 0.140. The Morgan fingerprint density at radius 1 is 1.50 bits per heavy atom. The lowest BCUT2D eigenvalue weighted by Gasteiger charge is -2.00. The van der Waals surface area contributed by atoms with Gasteiger partial charge in [0.25, 0.3) is 5.24 Å². The van der Waals surface area contributed by atoms with E-state index in [1.54, 1.807) is 6.07 Å². The zero-order valence-electron chi connectivity index (χ0n) is 5.98. The first-order valence-electron chi connectivity index (χ1n) is 3.19. The second kappa shape index (κ2) is 4.40. The molecule has 1 aromatic carbocycles. The largest absolute Gasteiger partial charge is 0.276 e. The summed E-state index contributed by atoms with van der Waals surface area (Å²) in [5.41, 5.74) is 1.54. The van der Waals surface area contributed by atoms with Gasteiger partial charge < -0.3 is 0 Å². The van der Waals surface area contributed by atoms with Crippen molar-refractivity contribution in [2.45, 2.75) is 5.33 Å². The predicted octanol–water partition coefficient (Wildman–Crippen LogP) is 3.72. The SMILES string of the molecule is O=C(Cl)c1cc(CBr)ccc1Br. The van der Waals surface area contributed by atoms with E-state index in [4.69, 9.17) is 11.6 Å². The van der Waals surface area contributed by atoms with Crippen LogP contribution in [0.3, 0.4) is 0 Å². The summed E-state index contributed by atoms with van der Waals surface area (Å²) in [4.78, 5) is 10.9. The number of alkyl halides is 1. The third-order valence-electron chi connectivity index (χ3n) is 1.40. The molecule has 0 aliphatic rings. The number of rotatable bonds is 2. The van der Waals surface area contributed by atoms with Gasteiger partial charge in [-0.15, -0.1) is 0 Å². The van der Waals surface area contributed by atoms with E-state index in [0.717, 1.165) is 15.4 Å². The minimum atomic E-state index is -0.440. The average Bonchev–Trinajstić information content (AvgIpc) is 2.05. The second-order valence-corrected chi connectivity index (χ2v) is 3.98. The zero-order valence-corrected chi connectivity index (χ0v) is 9.91. The van der Waals surface area contributed by atoms with E-state index in [0.29, 0.717) is 5.56 Å². The van der Waals surface area contributed by atoms with Crippen molar-refractivity contribution in [3.8, 4) is 0 Å². The molecule has 1 aromatic rings. The Balaban J connectivity index is 3.17. The molecule has 0 radical (unpaired) electrons. The second-order valence-electron chi connectivity index (χ2n) is 2.22. The van der Waals surface area contributed by atoms with Crippen LogP contribution in [-0.4, -0.2) is 5.24 Å². The molecule has 0 unspecified atom stereocenters. The van der Waals surface area contributed by atoms with Gasteiger partial charge in [-0.1, -0.05) is 22.0 Å². The van der Waals surface area contributed by atoms with E-state index in [9.17, 15) is 4.79 Å². The first kappa shape index (κ1) is 10.2. The van der Waals surface area contributed by atoms with Crippen LogP contribution in [0.1, 0.15) is 15.9 Å². The van der Waals surface area contributed by atoms with E-state index in [2.05, 4.69) is 31.9 Å². The number of carbonyl (C=O) groups is 1. The van der Waals surface area contributed by atoms with Crippen molar-refractivity contribution in [1.82, 2.24) is 0 Å². The highest BCUT2D eigenvalue weighted by Gasteiger charge is 2.06. The number of halogens is 3. The Bertz CT molecular complexity index is 312. The minimum Gasteiger partial charge on any atom is -0.276 e. The predicted molar refractivity (Wildman–Crippen MR) is 57.0 cm³/mol. The lowest BCUT2D eigenvalue weighted by atomic mass is 10.2. The lowest BCUT2D eigenvalue weighted by Crippen LogP contribution is -1.91. The summed E-state index contributed by atoms with van der Waals surface area (Å²) < 4.78 is 0.729. The normalized spacial score (nSPS) is 9.92. The van der Waals surface area contributed by atoms with Gasteiger partial charge in [0.05, 0.1) is 0 Å². The quantitative estimate of drug-likeness (QED) is 0.601. The van der Waals surface area contributed by atoms with E-state index in [-0.39, 0.29) is 0 Å². The molecule has 12 heavy (non-hydrogen) atoms. The molecule has 0 atom stereocenters. The molecule has 0 N–H and O–H groups in total. The van der Waals surface area contributed by atoms with E-state index >= 15 is 0 Å². The molecule has 1 nitrogen and oxygen atoms in total. The van der Waals surface area contributed by atoms with Crippen LogP contribution < -0.4 is 0 Å². The molecule has 0 aliphatic heterocycles. The summed E-state index contributed by atoms with van der Waals surface area (Å²) >= 11 is 11.9. The molecular weight excluding hydrogens is 307 g/mol. The zero-order chi connectivity index (χ0) is 9.14. The summed E-state index contributed by atoms with van der Waals surface area (Å²) in [6.45, 7) is 0. The van der Waals surface area contributed by atoms with Crippen molar-refractivity contribution in [1.29, 1.82) is 0 Å². The molecule has 0 amide bonds. The summed E-state index contributed by atoms with van der Waals surface area (Å²) in [6.07, 6.45) is 0. The monoisotopic (exact) mass is 310 g/mol. The molecule has 0 fully saturated rings. The van der Waals surface area contributed by atoms with Crippen LogP contribution in [0.15, 0.2) is 22.7 Å². The maximum atomic E-state index is 10.9. The van der Waals surface area contributed by atoms with E-state index in [1.807, 2.05) is 12.1 Å². The van der Waals surface area contributed by atoms with Crippen LogP contribution in [0.25, 0.3) is 0 Å². The standard InChI is InChI=1S/C8H5Br2ClO/c9-4-5-1-2-7(10)6(3-5)8(11)12/h1-3H,4H2. The Kier molecular flexibility index (Phi) is 3.75. The van der Waals surface area contributed by atoms with Crippen molar-refractivity contribution in [2.75, 3.05) is 0 Å². The third-order valence-corrected chi connectivity index (χ3v) is 2.94. The fraction of sp³-hybridized carbons (Fsp3) is 0.125. The highest BCUT2D eigenvalue weighted by molar-refractivity contribution is 9.10. The van der Waals surface area contributed by atoms with Crippen LogP contribution in [0.5, 0.6) is 0 Å². The third kappa shape index (κ3) is 2.31. The average molecular weight is 312 g/mol. The van der Waals surface area contributed by atoms with Crippen LogP contribution in [-0.2, 0) is 5.33 Å². The summed E-state index contributed by atoms with van der Waals surface area (Å²) in [7, 11) is 0. The highest BCUT2D eigenvalue weighted by Crippen LogP contribution is 2.21. The van der Waals surface area contributed by atoms with Gasteiger partial charge in [0.15, 0.2) is 0 Å². The first-order valence-corrected chi connectivity index (χ1v) is 5.48. The topological polar surface area (TPSA) is 17.1 Å². The van der Waals surface area contributed by atoms with Gasteiger partial charge in [0.2, 0.25) is 0 Å². The Morgan fingerprint density at radius 3 is 2.67 bits per heavy atom. The van der Waals surface area contributed by atoms with Gasteiger partial charge in [-0.3, -0.25) is 4.79 Å². The Labute approximate surface area is 92.4 Å². The summed E-state index contributed by atoms with van der Waals surface area (Å²) in [6, 6.07) is 5.49. The van der Waals surface area contributed by atoms with Crippen molar-refractivity contribution in [3.63, 3.8) is 0 Å². The van der Waals surface area contributed by atoms with Gasteiger partial charge in [-0.25, -0.2) is 0 Å². The van der Waals surface area contributed by atoms with Crippen molar-refractivity contribution < 1.29 is 4.79 Å². The van der Waals surface area contributed by atoms with Gasteiger partial charge in [-0.05, 0) is 45.2 Å². The van der Waals surface area contributed by atoms with Crippen LogP contribution in [0.2, 0.25) is 0 Å². The van der Waals surface area contributed by atoms with Gasteiger partial charge in [0.1, 0.15) is 0 Å². The smallest absolute Gasteiger partial charge is 0.253 e. The van der Waals surface area contributed by atoms with Gasteiger partial charge in [-0.2, -0.15) is 0 Å². The van der Waals surface area contributed by atoms with Crippen LogP contribution in [0, 0.1) is 0 Å². The summed E-state index contributed by atoms with van der Waals surface area (Å²) in [5, 5.41) is 0.280. The lowest BCUT2D eigenvalue weighted by molar-refractivity contribution is 0.108. The minimum absolute atomic E-state index is 0.440. The maximum absolute atomic E-state index is 10.9. The molecule has 0 aliphatic carbocycles. The van der Waals surface area contributed by atoms with Gasteiger partial charge >= 0.3 is 0 Å². The molecule has 0 spiro atoms. The molecule has 0 saturated carbocycles. The molecule has 1 rings (SSSR count). The van der Waals surface area contributed by atoms with E-state index in [1.165, 1.54) is 0 Å². The highest BCUT2D eigenvalue weighted by atomic mass is 79.9. The summed E-state index contributed by atoms with van der Waals surface area (Å²) in [5.74, 6) is 0. The fourth-order valence-corrected chi connectivity index (χ4v) is 1.85. The van der Waals surface area contributed by atoms with E-state index < -0.39 is 5.24 Å². The number of hydrogen-bond donors (Lipinski definition) is 0. The van der Waals surface area contributed by atoms with Crippen molar-refractivity contribution in [2.24, 2.45) is 0 Å². The van der Waals surface area contributed by atoms with Crippen molar-refractivity contribution >= 4 is 48.7 Å². The molecule has 64 valence electrons. The number of benzene rings is 1. The Morgan fingerprint density at radius 2 is 2.17 bits per heavy atom. The fourth-order valence-electron chi connectivity index (χ4n) is 0.806. The van der Waals surface area contributed by atoms with Crippen LogP contribution >= 0.6 is 43.5 Å².